The van der Waals surface area contributed by atoms with Gasteiger partial charge in [0.05, 0.1) is 18.1 Å². The van der Waals surface area contributed by atoms with Crippen LogP contribution in [0.4, 0.5) is 5.69 Å². The van der Waals surface area contributed by atoms with Crippen LogP contribution in [0.15, 0.2) is 18.2 Å². The Morgan fingerprint density at radius 3 is 2.74 bits per heavy atom. The fourth-order valence-electron chi connectivity index (χ4n) is 1.73. The lowest BCUT2D eigenvalue weighted by atomic mass is 9.94. The van der Waals surface area contributed by atoms with Crippen LogP contribution in [0.1, 0.15) is 30.1 Å². The van der Waals surface area contributed by atoms with Gasteiger partial charge in [-0.2, -0.15) is 5.26 Å². The van der Waals surface area contributed by atoms with Gasteiger partial charge in [-0.05, 0) is 18.6 Å². The first kappa shape index (κ1) is 14.6. The third-order valence-electron chi connectivity index (χ3n) is 2.71. The monoisotopic (exact) mass is 262 g/mol. The third kappa shape index (κ3) is 3.28. The highest BCUT2D eigenvalue weighted by atomic mass is 16.6. The van der Waals surface area contributed by atoms with Gasteiger partial charge in [0.15, 0.2) is 11.5 Å². The van der Waals surface area contributed by atoms with Gasteiger partial charge in [0.2, 0.25) is 0 Å². The second-order valence-electron chi connectivity index (χ2n) is 3.98. The minimum Gasteiger partial charge on any atom is -0.490 e. The van der Waals surface area contributed by atoms with Crippen molar-refractivity contribution in [1.29, 1.82) is 5.26 Å². The highest BCUT2D eigenvalue weighted by molar-refractivity contribution is 6.00. The number of rotatable bonds is 6. The van der Waals surface area contributed by atoms with E-state index in [2.05, 4.69) is 0 Å². The minimum absolute atomic E-state index is 0.0176. The van der Waals surface area contributed by atoms with Gasteiger partial charge in [0, 0.05) is 11.6 Å². The van der Waals surface area contributed by atoms with E-state index < -0.39 is 10.8 Å². The van der Waals surface area contributed by atoms with Crippen LogP contribution in [0, 0.1) is 27.4 Å². The number of methoxy groups -OCH3 is 1. The molecule has 100 valence electrons. The molecule has 0 amide bonds. The van der Waals surface area contributed by atoms with Gasteiger partial charge in [-0.1, -0.05) is 13.3 Å². The molecule has 0 fully saturated rings. The summed E-state index contributed by atoms with van der Waals surface area (Å²) < 4.78 is 4.89. The van der Waals surface area contributed by atoms with Crippen molar-refractivity contribution in [2.45, 2.75) is 19.8 Å². The summed E-state index contributed by atoms with van der Waals surface area (Å²) >= 11 is 0. The predicted molar refractivity (Wildman–Crippen MR) is 68.0 cm³/mol. The largest absolute Gasteiger partial charge is 0.490 e. The highest BCUT2D eigenvalue weighted by Gasteiger charge is 2.22. The Hall–Kier alpha value is -2.42. The summed E-state index contributed by atoms with van der Waals surface area (Å²) in [6, 6.07) is 5.82. The fraction of sp³-hybridized carbons (Fsp3) is 0.385. The lowest BCUT2D eigenvalue weighted by molar-refractivity contribution is -0.385. The Morgan fingerprint density at radius 2 is 2.26 bits per heavy atom. The van der Waals surface area contributed by atoms with Crippen LogP contribution >= 0.6 is 0 Å². The van der Waals surface area contributed by atoms with Gasteiger partial charge in [0.1, 0.15) is 5.92 Å². The van der Waals surface area contributed by atoms with E-state index in [1.165, 1.54) is 25.3 Å². The first-order chi connectivity index (χ1) is 9.04. The molecule has 0 aliphatic rings. The molecule has 0 aliphatic heterocycles. The molecule has 19 heavy (non-hydrogen) atoms. The smallest absolute Gasteiger partial charge is 0.310 e. The standard InChI is InChI=1S/C13H14N2O4/c1-3-4-10(8-14)13(16)9-5-6-11(15(17)18)12(7-9)19-2/h5-7,10H,3-4H2,1-2H3. The van der Waals surface area contributed by atoms with Crippen molar-refractivity contribution in [3.05, 3.63) is 33.9 Å². The van der Waals surface area contributed by atoms with Gasteiger partial charge >= 0.3 is 5.69 Å². The SMILES string of the molecule is CCCC(C#N)C(=O)c1ccc([N+](=O)[O-])c(OC)c1. The number of hydrogen-bond acceptors (Lipinski definition) is 5. The van der Waals surface area contributed by atoms with E-state index in [4.69, 9.17) is 10.00 Å². The summed E-state index contributed by atoms with van der Waals surface area (Å²) in [5.74, 6) is -1.04. The van der Waals surface area contributed by atoms with Crippen molar-refractivity contribution in [2.24, 2.45) is 5.92 Å². The Morgan fingerprint density at radius 1 is 1.58 bits per heavy atom. The molecular formula is C13H14N2O4. The molecule has 0 N–H and O–H groups in total. The Kier molecular flexibility index (Phi) is 5.01. The fourth-order valence-corrected chi connectivity index (χ4v) is 1.73. The van der Waals surface area contributed by atoms with E-state index in [1.807, 2.05) is 13.0 Å². The molecule has 6 nitrogen and oxygen atoms in total. The summed E-state index contributed by atoms with van der Waals surface area (Å²) in [5.41, 5.74) is 0.0468. The molecule has 6 heteroatoms. The quantitative estimate of drug-likeness (QED) is 0.446. The number of hydrogen-bond donors (Lipinski definition) is 0. The topological polar surface area (TPSA) is 93.2 Å². The number of benzene rings is 1. The maximum absolute atomic E-state index is 12.1. The summed E-state index contributed by atoms with van der Waals surface area (Å²) in [5, 5.41) is 19.7. The summed E-state index contributed by atoms with van der Waals surface area (Å²) in [4.78, 5) is 22.2. The molecule has 0 aliphatic carbocycles. The lowest BCUT2D eigenvalue weighted by Gasteiger charge is -2.08. The van der Waals surface area contributed by atoms with Gasteiger partial charge in [-0.25, -0.2) is 0 Å². The molecule has 0 spiro atoms. The zero-order valence-electron chi connectivity index (χ0n) is 10.8. The Labute approximate surface area is 110 Å². The molecule has 1 aromatic carbocycles. The molecule has 0 heterocycles. The van der Waals surface area contributed by atoms with Crippen LogP contribution in [0.25, 0.3) is 0 Å². The van der Waals surface area contributed by atoms with Crippen LogP contribution in [-0.4, -0.2) is 17.8 Å². The number of ether oxygens (including phenoxy) is 1. The van der Waals surface area contributed by atoms with Crippen molar-refractivity contribution in [3.63, 3.8) is 0 Å². The third-order valence-corrected chi connectivity index (χ3v) is 2.71. The summed E-state index contributed by atoms with van der Waals surface area (Å²) in [6.45, 7) is 1.88. The van der Waals surface area contributed by atoms with Crippen LogP contribution in [0.3, 0.4) is 0 Å². The summed E-state index contributed by atoms with van der Waals surface area (Å²) in [6.07, 6.45) is 1.18. The molecule has 1 atom stereocenters. The molecule has 0 radical (unpaired) electrons. The normalized spacial score (nSPS) is 11.4. The van der Waals surface area contributed by atoms with E-state index in [-0.39, 0.29) is 22.8 Å². The Bertz CT molecular complexity index is 534. The second-order valence-corrected chi connectivity index (χ2v) is 3.98. The number of nitriles is 1. The van der Waals surface area contributed by atoms with Gasteiger partial charge in [0.25, 0.3) is 0 Å². The first-order valence-corrected chi connectivity index (χ1v) is 5.81. The molecule has 0 saturated carbocycles. The maximum Gasteiger partial charge on any atom is 0.310 e. The maximum atomic E-state index is 12.1. The van der Waals surface area contributed by atoms with E-state index in [0.29, 0.717) is 12.8 Å². The predicted octanol–water partition coefficient (Wildman–Crippen LogP) is 2.73. The van der Waals surface area contributed by atoms with E-state index in [9.17, 15) is 14.9 Å². The zero-order chi connectivity index (χ0) is 14.4. The second kappa shape index (κ2) is 6.50. The number of carbonyl (C=O) groups excluding carboxylic acids is 1. The first-order valence-electron chi connectivity index (χ1n) is 5.81. The van der Waals surface area contributed by atoms with Crippen molar-refractivity contribution in [1.82, 2.24) is 0 Å². The molecule has 1 aromatic rings. The molecular weight excluding hydrogens is 248 g/mol. The number of Topliss-reactive ketones (excluding diaryl/α,β-unsaturated/α-hetero) is 1. The molecule has 1 unspecified atom stereocenters. The van der Waals surface area contributed by atoms with Gasteiger partial charge in [-0.15, -0.1) is 0 Å². The van der Waals surface area contributed by atoms with E-state index >= 15 is 0 Å². The summed E-state index contributed by atoms with van der Waals surface area (Å²) in [7, 11) is 1.30. The van der Waals surface area contributed by atoms with Gasteiger partial charge in [-0.3, -0.25) is 14.9 Å². The lowest BCUT2D eigenvalue weighted by Crippen LogP contribution is -2.13. The average molecular weight is 262 g/mol. The molecule has 0 saturated heterocycles. The molecule has 0 aromatic heterocycles. The van der Waals surface area contributed by atoms with Crippen LogP contribution in [0.2, 0.25) is 0 Å². The van der Waals surface area contributed by atoms with Crippen molar-refractivity contribution < 1.29 is 14.5 Å². The van der Waals surface area contributed by atoms with Crippen LogP contribution < -0.4 is 4.74 Å². The Balaban J connectivity index is 3.12. The number of nitrogens with zero attached hydrogens (tertiary/aromatic N) is 2. The van der Waals surface area contributed by atoms with Gasteiger partial charge < -0.3 is 4.74 Å². The van der Waals surface area contributed by atoms with Crippen molar-refractivity contribution >= 4 is 11.5 Å². The average Bonchev–Trinajstić information content (AvgIpc) is 2.43. The van der Waals surface area contributed by atoms with E-state index in [1.54, 1.807) is 0 Å². The van der Waals surface area contributed by atoms with E-state index in [0.717, 1.165) is 0 Å². The molecule has 1 rings (SSSR count). The van der Waals surface area contributed by atoms with Crippen molar-refractivity contribution in [3.8, 4) is 11.8 Å². The number of nitro groups is 1. The zero-order valence-corrected chi connectivity index (χ0v) is 10.8. The highest BCUT2D eigenvalue weighted by Crippen LogP contribution is 2.28. The minimum atomic E-state index is -0.726. The van der Waals surface area contributed by atoms with Crippen molar-refractivity contribution in [2.75, 3.05) is 7.11 Å². The molecule has 0 bridgehead atoms. The van der Waals surface area contributed by atoms with Crippen LogP contribution in [-0.2, 0) is 0 Å². The number of carbonyl (C=O) groups is 1. The number of nitro benzene ring substituents is 1. The van der Waals surface area contributed by atoms with Crippen LogP contribution in [0.5, 0.6) is 5.75 Å². The number of ketones is 1.